The van der Waals surface area contributed by atoms with Crippen molar-refractivity contribution in [3.8, 4) is 22.4 Å². The van der Waals surface area contributed by atoms with E-state index in [9.17, 15) is 0 Å². The van der Waals surface area contributed by atoms with Crippen molar-refractivity contribution in [2.45, 2.75) is 6.92 Å². The minimum Gasteiger partial charge on any atom is -0.275 e. The fourth-order valence-corrected chi connectivity index (χ4v) is 3.78. The largest absolute Gasteiger partial charge is 3.00 e. The SMILES string of the molecule is Cc1c(-c2c3[c-]c(-c4[c-]cccc4)ccc3nc[n+]2C)[c-]cc2ccccc12.[Y+3]. The van der Waals surface area contributed by atoms with Crippen LogP contribution in [-0.4, -0.2) is 4.98 Å². The zero-order valence-electron chi connectivity index (χ0n) is 16.4. The molecule has 0 unspecified atom stereocenters. The van der Waals surface area contributed by atoms with Gasteiger partial charge in [-0.05, 0) is 5.39 Å². The van der Waals surface area contributed by atoms with Gasteiger partial charge in [-0.25, -0.2) is 5.56 Å². The van der Waals surface area contributed by atoms with Gasteiger partial charge in [-0.3, -0.25) is 4.57 Å². The number of rotatable bonds is 2. The zero-order valence-corrected chi connectivity index (χ0v) is 19.2. The molecule has 134 valence electrons. The van der Waals surface area contributed by atoms with E-state index in [-0.39, 0.29) is 32.7 Å². The van der Waals surface area contributed by atoms with Crippen molar-refractivity contribution in [1.82, 2.24) is 4.98 Å². The number of nitrogens with zero attached hydrogens (tertiary/aromatic N) is 2. The fraction of sp³-hybridized carbons (Fsp3) is 0.0769. The van der Waals surface area contributed by atoms with Crippen LogP contribution in [0.5, 0.6) is 0 Å². The molecule has 0 N–H and O–H groups in total. The second-order valence-corrected chi connectivity index (χ2v) is 6.99. The van der Waals surface area contributed by atoms with Gasteiger partial charge in [-0.15, -0.1) is 29.3 Å². The van der Waals surface area contributed by atoms with E-state index in [0.717, 1.165) is 33.3 Å². The first-order valence-electron chi connectivity index (χ1n) is 9.30. The molecule has 0 fully saturated rings. The Hall–Kier alpha value is -2.42. The smallest absolute Gasteiger partial charge is 0.275 e. The fourth-order valence-electron chi connectivity index (χ4n) is 3.78. The summed E-state index contributed by atoms with van der Waals surface area (Å²) in [5, 5.41) is 3.44. The summed E-state index contributed by atoms with van der Waals surface area (Å²) >= 11 is 0. The van der Waals surface area contributed by atoms with Gasteiger partial charge in [-0.1, -0.05) is 53.0 Å². The number of aryl methyl sites for hydroxylation is 2. The molecule has 5 rings (SSSR count). The van der Waals surface area contributed by atoms with Crippen molar-refractivity contribution >= 4 is 21.7 Å². The molecule has 0 saturated heterocycles. The molecule has 3 heteroatoms. The molecule has 1 aromatic heterocycles. The van der Waals surface area contributed by atoms with Crippen LogP contribution in [0, 0.1) is 25.1 Å². The molecule has 29 heavy (non-hydrogen) atoms. The van der Waals surface area contributed by atoms with Gasteiger partial charge in [-0.2, -0.15) is 42.0 Å². The molecule has 0 bridgehead atoms. The van der Waals surface area contributed by atoms with Crippen molar-refractivity contribution in [3.05, 3.63) is 96.8 Å². The van der Waals surface area contributed by atoms with Crippen LogP contribution in [0.2, 0.25) is 0 Å². The van der Waals surface area contributed by atoms with E-state index >= 15 is 0 Å². The Bertz CT molecular complexity index is 1330. The van der Waals surface area contributed by atoms with E-state index in [1.54, 1.807) is 0 Å². The average Bonchev–Trinajstić information content (AvgIpc) is 2.75. The molecule has 0 saturated carbocycles. The van der Waals surface area contributed by atoms with E-state index in [1.807, 2.05) is 31.6 Å². The van der Waals surface area contributed by atoms with Gasteiger partial charge in [0.2, 0.25) is 0 Å². The van der Waals surface area contributed by atoms with Crippen LogP contribution in [0.15, 0.2) is 73.1 Å². The number of hydrogen-bond donors (Lipinski definition) is 0. The monoisotopic (exact) mass is 447 g/mol. The number of hydrogen-bond acceptors (Lipinski definition) is 1. The Morgan fingerprint density at radius 1 is 0.897 bits per heavy atom. The standard InChI is InChI=1S/C26H18N2.Y/c1-18-22-11-7-6-10-20(22)12-14-23(18)26-24-16-21(19-8-4-3-5-9-19)13-15-25(24)27-17-28(26)2;/h3-8,10-13,15,17H,1-2H3;/q-2;+3. The summed E-state index contributed by atoms with van der Waals surface area (Å²) in [7, 11) is 2.03. The first-order chi connectivity index (χ1) is 13.7. The second-order valence-electron chi connectivity index (χ2n) is 6.99. The maximum absolute atomic E-state index is 4.60. The third-order valence-corrected chi connectivity index (χ3v) is 5.23. The van der Waals surface area contributed by atoms with Crippen LogP contribution in [0.25, 0.3) is 44.1 Å². The number of fused-ring (bicyclic) bond motifs is 2. The van der Waals surface area contributed by atoms with Crippen molar-refractivity contribution < 1.29 is 37.3 Å². The molecular formula is C26H18N2Y+. The third-order valence-electron chi connectivity index (χ3n) is 5.23. The first-order valence-corrected chi connectivity index (χ1v) is 9.30. The Labute approximate surface area is 196 Å². The zero-order chi connectivity index (χ0) is 19.1. The number of aromatic nitrogens is 2. The van der Waals surface area contributed by atoms with E-state index in [2.05, 4.69) is 83.2 Å². The average molecular weight is 447 g/mol. The molecule has 5 aromatic rings. The Balaban J connectivity index is 0.00000205. The topological polar surface area (TPSA) is 16.8 Å². The normalized spacial score (nSPS) is 10.8. The van der Waals surface area contributed by atoms with E-state index < -0.39 is 0 Å². The molecule has 1 heterocycles. The summed E-state index contributed by atoms with van der Waals surface area (Å²) in [6.45, 7) is 2.16. The molecule has 0 atom stereocenters. The molecule has 4 aromatic carbocycles. The van der Waals surface area contributed by atoms with Gasteiger partial charge in [0, 0.05) is 5.69 Å². The van der Waals surface area contributed by atoms with E-state index in [1.165, 1.54) is 16.3 Å². The molecule has 2 nitrogen and oxygen atoms in total. The van der Waals surface area contributed by atoms with Crippen molar-refractivity contribution in [2.75, 3.05) is 0 Å². The van der Waals surface area contributed by atoms with Gasteiger partial charge in [0.05, 0.1) is 7.05 Å². The van der Waals surface area contributed by atoms with Crippen LogP contribution < -0.4 is 4.57 Å². The van der Waals surface area contributed by atoms with E-state index in [0.29, 0.717) is 0 Å². The van der Waals surface area contributed by atoms with Crippen LogP contribution in [-0.2, 0) is 39.8 Å². The molecule has 0 radical (unpaired) electrons. The van der Waals surface area contributed by atoms with Crippen LogP contribution in [0.3, 0.4) is 0 Å². The third kappa shape index (κ3) is 3.52. The quantitative estimate of drug-likeness (QED) is 0.267. The summed E-state index contributed by atoms with van der Waals surface area (Å²) in [4.78, 5) is 4.60. The van der Waals surface area contributed by atoms with Crippen LogP contribution in [0.1, 0.15) is 5.56 Å². The van der Waals surface area contributed by atoms with Gasteiger partial charge >= 0.3 is 32.7 Å². The van der Waals surface area contributed by atoms with Crippen molar-refractivity contribution in [3.63, 3.8) is 0 Å². The molecule has 0 spiro atoms. The van der Waals surface area contributed by atoms with Crippen LogP contribution in [0.4, 0.5) is 0 Å². The van der Waals surface area contributed by atoms with Gasteiger partial charge < -0.3 is 0 Å². The van der Waals surface area contributed by atoms with Gasteiger partial charge in [0.15, 0.2) is 0 Å². The predicted molar refractivity (Wildman–Crippen MR) is 113 cm³/mol. The van der Waals surface area contributed by atoms with Crippen LogP contribution >= 0.6 is 0 Å². The molecule has 0 amide bonds. The van der Waals surface area contributed by atoms with E-state index in [4.69, 9.17) is 0 Å². The molecule has 0 aliphatic rings. The molecule has 0 aliphatic heterocycles. The molecule has 0 aliphatic carbocycles. The summed E-state index contributed by atoms with van der Waals surface area (Å²) in [6, 6.07) is 33.0. The summed E-state index contributed by atoms with van der Waals surface area (Å²) in [5.74, 6) is 0. The van der Waals surface area contributed by atoms with Gasteiger partial charge in [0.1, 0.15) is 5.52 Å². The Morgan fingerprint density at radius 3 is 2.55 bits per heavy atom. The summed E-state index contributed by atoms with van der Waals surface area (Å²) in [5.41, 5.74) is 6.34. The first kappa shape index (κ1) is 19.9. The summed E-state index contributed by atoms with van der Waals surface area (Å²) < 4.78 is 2.06. The maximum Gasteiger partial charge on any atom is 3.00 e. The predicted octanol–water partition coefficient (Wildman–Crippen LogP) is 5.25. The minimum absolute atomic E-state index is 0. The Morgan fingerprint density at radius 2 is 1.72 bits per heavy atom. The van der Waals surface area contributed by atoms with Crippen molar-refractivity contribution in [2.24, 2.45) is 7.05 Å². The summed E-state index contributed by atoms with van der Waals surface area (Å²) in [6.07, 6.45) is 1.86. The number of benzene rings is 4. The second kappa shape index (κ2) is 8.14. The van der Waals surface area contributed by atoms with Gasteiger partial charge in [0.25, 0.3) is 6.33 Å². The maximum atomic E-state index is 4.60. The Kier molecular flexibility index (Phi) is 5.58. The van der Waals surface area contributed by atoms with Crippen molar-refractivity contribution in [1.29, 1.82) is 0 Å². The minimum atomic E-state index is 0. The molecular weight excluding hydrogens is 429 g/mol.